The van der Waals surface area contributed by atoms with Crippen molar-refractivity contribution in [3.05, 3.63) is 53.5 Å². The van der Waals surface area contributed by atoms with Crippen molar-refractivity contribution in [3.8, 4) is 5.75 Å². The minimum absolute atomic E-state index is 0.0883. The molecule has 0 aliphatic rings. The SMILES string of the molecule is COc1ccc(CCNC(=O)[C@@H](C)OC(=O)c2ccc(C)o2)cc1. The predicted molar refractivity (Wildman–Crippen MR) is 88.0 cm³/mol. The van der Waals surface area contributed by atoms with Crippen LogP contribution in [-0.2, 0) is 16.0 Å². The van der Waals surface area contributed by atoms with Gasteiger partial charge < -0.3 is 19.2 Å². The molecule has 0 aliphatic heterocycles. The number of hydrogen-bond acceptors (Lipinski definition) is 5. The topological polar surface area (TPSA) is 77.8 Å². The van der Waals surface area contributed by atoms with Gasteiger partial charge in [-0.15, -0.1) is 0 Å². The maximum atomic E-state index is 12.0. The fourth-order valence-electron chi connectivity index (χ4n) is 2.08. The summed E-state index contributed by atoms with van der Waals surface area (Å²) in [4.78, 5) is 23.8. The number of aryl methyl sites for hydroxylation is 1. The summed E-state index contributed by atoms with van der Waals surface area (Å²) >= 11 is 0. The summed E-state index contributed by atoms with van der Waals surface area (Å²) in [6, 6.07) is 10.8. The molecule has 2 aromatic rings. The van der Waals surface area contributed by atoms with Crippen molar-refractivity contribution >= 4 is 11.9 Å². The first-order chi connectivity index (χ1) is 11.5. The highest BCUT2D eigenvalue weighted by Gasteiger charge is 2.20. The molecule has 0 saturated heterocycles. The molecule has 0 unspecified atom stereocenters. The van der Waals surface area contributed by atoms with Gasteiger partial charge in [0.1, 0.15) is 11.5 Å². The molecule has 128 valence electrons. The van der Waals surface area contributed by atoms with Crippen molar-refractivity contribution in [2.75, 3.05) is 13.7 Å². The Bertz CT molecular complexity index is 690. The lowest BCUT2D eigenvalue weighted by molar-refractivity contribution is -0.129. The highest BCUT2D eigenvalue weighted by molar-refractivity contribution is 5.90. The van der Waals surface area contributed by atoms with Crippen molar-refractivity contribution < 1.29 is 23.5 Å². The number of amides is 1. The highest BCUT2D eigenvalue weighted by Crippen LogP contribution is 2.11. The number of carbonyl (C=O) groups is 2. The monoisotopic (exact) mass is 331 g/mol. The molecule has 0 bridgehead atoms. The Kier molecular flexibility index (Phi) is 6.01. The van der Waals surface area contributed by atoms with Crippen molar-refractivity contribution in [3.63, 3.8) is 0 Å². The van der Waals surface area contributed by atoms with E-state index in [1.165, 1.54) is 13.0 Å². The summed E-state index contributed by atoms with van der Waals surface area (Å²) in [5.74, 6) is 0.487. The highest BCUT2D eigenvalue weighted by atomic mass is 16.6. The molecule has 1 N–H and O–H groups in total. The van der Waals surface area contributed by atoms with Gasteiger partial charge in [-0.2, -0.15) is 0 Å². The number of nitrogens with one attached hydrogen (secondary N) is 1. The molecule has 1 heterocycles. The second-order valence-electron chi connectivity index (χ2n) is 5.35. The third-order valence-electron chi connectivity index (χ3n) is 3.47. The normalized spacial score (nSPS) is 11.6. The maximum absolute atomic E-state index is 12.0. The molecule has 0 spiro atoms. The van der Waals surface area contributed by atoms with Crippen molar-refractivity contribution in [1.82, 2.24) is 5.32 Å². The zero-order valence-corrected chi connectivity index (χ0v) is 14.0. The van der Waals surface area contributed by atoms with E-state index in [0.717, 1.165) is 11.3 Å². The van der Waals surface area contributed by atoms with Gasteiger partial charge in [0, 0.05) is 6.54 Å². The van der Waals surface area contributed by atoms with Crippen LogP contribution in [-0.4, -0.2) is 31.6 Å². The fraction of sp³-hybridized carbons (Fsp3) is 0.333. The molecular weight excluding hydrogens is 310 g/mol. The van der Waals surface area contributed by atoms with E-state index in [4.69, 9.17) is 13.9 Å². The number of methoxy groups -OCH3 is 1. The molecule has 1 amide bonds. The quantitative estimate of drug-likeness (QED) is 0.789. The number of furan rings is 1. The lowest BCUT2D eigenvalue weighted by Crippen LogP contribution is -2.36. The third kappa shape index (κ3) is 4.87. The van der Waals surface area contributed by atoms with E-state index < -0.39 is 12.1 Å². The van der Waals surface area contributed by atoms with Gasteiger partial charge in [-0.25, -0.2) is 4.79 Å². The number of esters is 1. The van der Waals surface area contributed by atoms with Crippen molar-refractivity contribution in [1.29, 1.82) is 0 Å². The molecule has 0 radical (unpaired) electrons. The summed E-state index contributed by atoms with van der Waals surface area (Å²) in [5, 5.41) is 2.74. The van der Waals surface area contributed by atoms with Crippen LogP contribution < -0.4 is 10.1 Å². The van der Waals surface area contributed by atoms with E-state index in [0.29, 0.717) is 18.7 Å². The van der Waals surface area contributed by atoms with Crippen molar-refractivity contribution in [2.45, 2.75) is 26.4 Å². The molecule has 1 aromatic heterocycles. The van der Waals surface area contributed by atoms with Crippen LogP contribution in [0.15, 0.2) is 40.8 Å². The summed E-state index contributed by atoms with van der Waals surface area (Å²) in [7, 11) is 1.61. The van der Waals surface area contributed by atoms with Gasteiger partial charge in [0.25, 0.3) is 5.91 Å². The molecule has 6 nitrogen and oxygen atoms in total. The number of ether oxygens (including phenoxy) is 2. The van der Waals surface area contributed by atoms with Crippen LogP contribution in [0.1, 0.15) is 28.8 Å². The van der Waals surface area contributed by atoms with E-state index in [1.807, 2.05) is 24.3 Å². The average Bonchev–Trinajstić information content (AvgIpc) is 3.02. The molecule has 0 aliphatic carbocycles. The van der Waals surface area contributed by atoms with Gasteiger partial charge in [-0.3, -0.25) is 4.79 Å². The van der Waals surface area contributed by atoms with E-state index >= 15 is 0 Å². The molecule has 0 saturated carbocycles. The van der Waals surface area contributed by atoms with Gasteiger partial charge in [0.2, 0.25) is 5.76 Å². The molecule has 1 aromatic carbocycles. The lowest BCUT2D eigenvalue weighted by atomic mass is 10.1. The Morgan fingerprint density at radius 1 is 1.17 bits per heavy atom. The summed E-state index contributed by atoms with van der Waals surface area (Å²) in [6.07, 6.45) is -0.216. The smallest absolute Gasteiger partial charge is 0.375 e. The van der Waals surface area contributed by atoms with E-state index in [9.17, 15) is 9.59 Å². The van der Waals surface area contributed by atoms with Gasteiger partial charge in [0.15, 0.2) is 6.10 Å². The molecule has 2 rings (SSSR count). The van der Waals surface area contributed by atoms with E-state index in [2.05, 4.69) is 5.32 Å². The van der Waals surface area contributed by atoms with Gasteiger partial charge in [-0.1, -0.05) is 12.1 Å². The standard InChI is InChI=1S/C18H21NO5/c1-12-4-9-16(23-12)18(21)24-13(2)17(20)19-11-10-14-5-7-15(22-3)8-6-14/h4-9,13H,10-11H2,1-3H3,(H,19,20)/t13-/m1/s1. The van der Waals surface area contributed by atoms with Crippen LogP contribution in [0.4, 0.5) is 0 Å². The minimum Gasteiger partial charge on any atom is -0.497 e. The zero-order valence-electron chi connectivity index (χ0n) is 14.0. The van der Waals surface area contributed by atoms with Gasteiger partial charge >= 0.3 is 5.97 Å². The number of rotatable bonds is 7. The summed E-state index contributed by atoms with van der Waals surface area (Å²) < 4.78 is 15.3. The summed E-state index contributed by atoms with van der Waals surface area (Å²) in [5.41, 5.74) is 1.08. The molecular formula is C18H21NO5. The lowest BCUT2D eigenvalue weighted by Gasteiger charge is -2.12. The Hall–Kier alpha value is -2.76. The van der Waals surface area contributed by atoms with Crippen LogP contribution in [0, 0.1) is 6.92 Å². The zero-order chi connectivity index (χ0) is 17.5. The molecule has 6 heteroatoms. The van der Waals surface area contributed by atoms with Crippen LogP contribution in [0.2, 0.25) is 0 Å². The van der Waals surface area contributed by atoms with Crippen molar-refractivity contribution in [2.24, 2.45) is 0 Å². The van der Waals surface area contributed by atoms with Gasteiger partial charge in [0.05, 0.1) is 7.11 Å². The average molecular weight is 331 g/mol. The number of carbonyl (C=O) groups excluding carboxylic acids is 2. The fourth-order valence-corrected chi connectivity index (χ4v) is 2.08. The Labute approximate surface area is 140 Å². The van der Waals surface area contributed by atoms with Crippen LogP contribution in [0.5, 0.6) is 5.75 Å². The van der Waals surface area contributed by atoms with Crippen LogP contribution >= 0.6 is 0 Å². The van der Waals surface area contributed by atoms with E-state index in [1.54, 1.807) is 20.1 Å². The number of benzene rings is 1. The second-order valence-corrected chi connectivity index (χ2v) is 5.35. The second kappa shape index (κ2) is 8.19. The molecule has 1 atom stereocenters. The van der Waals surface area contributed by atoms with Gasteiger partial charge in [-0.05, 0) is 50.1 Å². The minimum atomic E-state index is -0.890. The first kappa shape index (κ1) is 17.6. The Balaban J connectivity index is 1.75. The molecule has 0 fully saturated rings. The largest absolute Gasteiger partial charge is 0.497 e. The number of hydrogen-bond donors (Lipinski definition) is 1. The van der Waals surface area contributed by atoms with E-state index in [-0.39, 0.29) is 11.7 Å². The summed E-state index contributed by atoms with van der Waals surface area (Å²) in [6.45, 7) is 3.70. The Morgan fingerprint density at radius 2 is 1.88 bits per heavy atom. The first-order valence-electron chi connectivity index (χ1n) is 7.67. The maximum Gasteiger partial charge on any atom is 0.375 e. The predicted octanol–water partition coefficient (Wildman–Crippen LogP) is 2.50. The van der Waals surface area contributed by atoms with Crippen LogP contribution in [0.3, 0.4) is 0 Å². The Morgan fingerprint density at radius 3 is 2.46 bits per heavy atom. The third-order valence-corrected chi connectivity index (χ3v) is 3.47. The first-order valence-corrected chi connectivity index (χ1v) is 7.67. The van der Waals surface area contributed by atoms with Crippen LogP contribution in [0.25, 0.3) is 0 Å². The molecule has 24 heavy (non-hydrogen) atoms.